The summed E-state index contributed by atoms with van der Waals surface area (Å²) in [4.78, 5) is 18.4. The van der Waals surface area contributed by atoms with Crippen molar-refractivity contribution in [2.75, 3.05) is 18.5 Å². The number of anilines is 1. The summed E-state index contributed by atoms with van der Waals surface area (Å²) in [5.41, 5.74) is 9.78. The fourth-order valence-electron chi connectivity index (χ4n) is 2.96. The lowest BCUT2D eigenvalue weighted by Crippen LogP contribution is -2.15. The Balaban J connectivity index is 1.89. The number of hydrogen-bond donors (Lipinski definition) is 3. The van der Waals surface area contributed by atoms with E-state index in [0.717, 1.165) is 61.8 Å². The molecule has 0 saturated heterocycles. The zero-order chi connectivity index (χ0) is 17.8. The Labute approximate surface area is 155 Å². The molecule has 25 heavy (non-hydrogen) atoms. The van der Waals surface area contributed by atoms with Gasteiger partial charge in [-0.05, 0) is 41.8 Å². The SMILES string of the molecule is NC=C1CCc2c(C=O)sc(Cc3ccc(NCCO)nc3)c2C1=S. The highest BCUT2D eigenvalue weighted by Crippen LogP contribution is 2.37. The van der Waals surface area contributed by atoms with Crippen molar-refractivity contribution in [1.29, 1.82) is 0 Å². The lowest BCUT2D eigenvalue weighted by molar-refractivity contribution is 0.112. The van der Waals surface area contributed by atoms with Gasteiger partial charge in [0.15, 0.2) is 6.29 Å². The molecule has 1 aliphatic carbocycles. The Bertz CT molecular complexity index is 826. The van der Waals surface area contributed by atoms with Crippen molar-refractivity contribution in [1.82, 2.24) is 4.98 Å². The van der Waals surface area contributed by atoms with Crippen LogP contribution >= 0.6 is 23.6 Å². The number of rotatable bonds is 6. The second-order valence-electron chi connectivity index (χ2n) is 5.76. The number of carbonyl (C=O) groups excluding carboxylic acids is 1. The van der Waals surface area contributed by atoms with E-state index in [-0.39, 0.29) is 6.61 Å². The molecule has 0 aliphatic heterocycles. The first-order valence-electron chi connectivity index (χ1n) is 8.02. The Kier molecular flexibility index (Phi) is 5.57. The number of thiocarbonyl (C=S) groups is 1. The van der Waals surface area contributed by atoms with E-state index in [0.29, 0.717) is 13.0 Å². The van der Waals surface area contributed by atoms with Gasteiger partial charge in [0.1, 0.15) is 5.82 Å². The summed E-state index contributed by atoms with van der Waals surface area (Å²) in [6.45, 7) is 0.531. The number of fused-ring (bicyclic) bond motifs is 1. The van der Waals surface area contributed by atoms with Crippen LogP contribution < -0.4 is 11.1 Å². The predicted octanol–water partition coefficient (Wildman–Crippen LogP) is 2.46. The van der Waals surface area contributed by atoms with Gasteiger partial charge in [-0.2, -0.15) is 0 Å². The number of thiophene rings is 1. The Morgan fingerprint density at radius 2 is 2.24 bits per heavy atom. The quantitative estimate of drug-likeness (QED) is 0.410. The molecule has 0 spiro atoms. The van der Waals surface area contributed by atoms with Gasteiger partial charge < -0.3 is 16.2 Å². The average molecular weight is 374 g/mol. The second-order valence-corrected chi connectivity index (χ2v) is 7.31. The molecule has 2 heterocycles. The lowest BCUT2D eigenvalue weighted by atomic mass is 9.87. The number of aldehydes is 1. The van der Waals surface area contributed by atoms with Crippen LogP contribution in [0.2, 0.25) is 0 Å². The van der Waals surface area contributed by atoms with E-state index in [4.69, 9.17) is 23.1 Å². The number of carbonyl (C=O) groups is 1. The molecule has 2 aromatic heterocycles. The highest BCUT2D eigenvalue weighted by molar-refractivity contribution is 7.81. The summed E-state index contributed by atoms with van der Waals surface area (Å²) < 4.78 is 0. The third kappa shape index (κ3) is 3.63. The van der Waals surface area contributed by atoms with Crippen LogP contribution in [0, 0.1) is 0 Å². The fraction of sp³-hybridized carbons (Fsp3) is 0.278. The van der Waals surface area contributed by atoms with Crippen molar-refractivity contribution in [2.45, 2.75) is 19.3 Å². The molecule has 0 amide bonds. The van der Waals surface area contributed by atoms with Crippen LogP contribution in [0.1, 0.15) is 37.7 Å². The Morgan fingerprint density at radius 1 is 1.40 bits per heavy atom. The van der Waals surface area contributed by atoms with Crippen molar-refractivity contribution in [3.63, 3.8) is 0 Å². The van der Waals surface area contributed by atoms with Crippen molar-refractivity contribution >= 4 is 40.5 Å². The number of nitrogens with zero attached hydrogens (tertiary/aromatic N) is 1. The van der Waals surface area contributed by atoms with Gasteiger partial charge in [-0.25, -0.2) is 4.98 Å². The van der Waals surface area contributed by atoms with Crippen LogP contribution in [-0.2, 0) is 12.8 Å². The topological polar surface area (TPSA) is 88.2 Å². The smallest absolute Gasteiger partial charge is 0.160 e. The molecule has 2 aromatic rings. The molecular formula is C18H19N3O2S2. The van der Waals surface area contributed by atoms with Crippen LogP contribution in [0.3, 0.4) is 0 Å². The summed E-state index contributed by atoms with van der Waals surface area (Å²) in [6.07, 6.45) is 6.56. The molecule has 0 unspecified atom stereocenters. The van der Waals surface area contributed by atoms with Gasteiger partial charge in [0.05, 0.1) is 16.3 Å². The number of aromatic nitrogens is 1. The van der Waals surface area contributed by atoms with Crippen LogP contribution in [0.5, 0.6) is 0 Å². The maximum atomic E-state index is 11.4. The van der Waals surface area contributed by atoms with Crippen molar-refractivity contribution in [3.8, 4) is 0 Å². The normalized spacial score (nSPS) is 15.2. The van der Waals surface area contributed by atoms with Crippen LogP contribution in [0.15, 0.2) is 30.1 Å². The molecule has 1 aliphatic rings. The van der Waals surface area contributed by atoms with Crippen molar-refractivity contribution < 1.29 is 9.90 Å². The highest BCUT2D eigenvalue weighted by atomic mass is 32.1. The minimum Gasteiger partial charge on any atom is -0.404 e. The lowest BCUT2D eigenvalue weighted by Gasteiger charge is -2.18. The number of aliphatic hydroxyl groups is 1. The number of pyridine rings is 1. The summed E-state index contributed by atoms with van der Waals surface area (Å²) in [7, 11) is 0. The molecule has 5 nitrogen and oxygen atoms in total. The molecule has 0 aromatic carbocycles. The van der Waals surface area contributed by atoms with Crippen molar-refractivity contribution in [2.24, 2.45) is 5.73 Å². The van der Waals surface area contributed by atoms with Crippen LogP contribution in [-0.4, -0.2) is 34.4 Å². The first kappa shape index (κ1) is 17.7. The second kappa shape index (κ2) is 7.86. The fourth-order valence-corrected chi connectivity index (χ4v) is 4.65. The number of nitrogens with two attached hydrogens (primary N) is 1. The molecule has 4 N–H and O–H groups in total. The number of hydrogen-bond acceptors (Lipinski definition) is 7. The molecule has 3 rings (SSSR count). The Hall–Kier alpha value is -2.09. The van der Waals surface area contributed by atoms with E-state index in [1.54, 1.807) is 12.4 Å². The van der Waals surface area contributed by atoms with Crippen molar-refractivity contribution in [3.05, 3.63) is 56.5 Å². The summed E-state index contributed by atoms with van der Waals surface area (Å²) in [6, 6.07) is 3.88. The van der Waals surface area contributed by atoms with Gasteiger partial charge in [0, 0.05) is 29.6 Å². The third-order valence-electron chi connectivity index (χ3n) is 4.19. The van der Waals surface area contributed by atoms with E-state index in [1.165, 1.54) is 11.3 Å². The Morgan fingerprint density at radius 3 is 2.88 bits per heavy atom. The van der Waals surface area contributed by atoms with Crippen LogP contribution in [0.25, 0.3) is 0 Å². The van der Waals surface area contributed by atoms with E-state index in [2.05, 4.69) is 10.3 Å². The molecule has 0 saturated carbocycles. The molecule has 130 valence electrons. The number of aliphatic hydroxyl groups excluding tert-OH is 1. The maximum absolute atomic E-state index is 11.4. The summed E-state index contributed by atoms with van der Waals surface area (Å²) in [5.74, 6) is 0.725. The first-order valence-corrected chi connectivity index (χ1v) is 9.25. The summed E-state index contributed by atoms with van der Waals surface area (Å²) >= 11 is 7.11. The van der Waals surface area contributed by atoms with Crippen LogP contribution in [0.4, 0.5) is 5.82 Å². The van der Waals surface area contributed by atoms with E-state index < -0.39 is 0 Å². The molecule has 0 fully saturated rings. The molecule has 0 bridgehead atoms. The van der Waals surface area contributed by atoms with Gasteiger partial charge in [0.25, 0.3) is 0 Å². The predicted molar refractivity (Wildman–Crippen MR) is 105 cm³/mol. The van der Waals surface area contributed by atoms with Gasteiger partial charge >= 0.3 is 0 Å². The van der Waals surface area contributed by atoms with Gasteiger partial charge in [-0.15, -0.1) is 11.3 Å². The molecule has 0 atom stereocenters. The van der Waals surface area contributed by atoms with E-state index in [1.807, 2.05) is 12.1 Å². The van der Waals surface area contributed by atoms with E-state index >= 15 is 0 Å². The maximum Gasteiger partial charge on any atom is 0.160 e. The highest BCUT2D eigenvalue weighted by Gasteiger charge is 2.26. The minimum atomic E-state index is 0.0632. The molecular weight excluding hydrogens is 354 g/mol. The standard InChI is InChI=1S/C18H19N3O2S2/c19-8-12-2-3-13-15(10-23)25-14(17(13)18(12)24)7-11-1-4-16(21-9-11)20-5-6-22/h1,4,8-10,22H,2-3,5-7,19H2,(H,20,21). The largest absolute Gasteiger partial charge is 0.404 e. The van der Waals surface area contributed by atoms with Gasteiger partial charge in [0.2, 0.25) is 0 Å². The molecule has 7 heteroatoms. The third-order valence-corrected chi connectivity index (χ3v) is 5.81. The average Bonchev–Trinajstić information content (AvgIpc) is 3.00. The zero-order valence-electron chi connectivity index (χ0n) is 13.6. The van der Waals surface area contributed by atoms with Gasteiger partial charge in [-0.1, -0.05) is 18.3 Å². The van der Waals surface area contributed by atoms with Gasteiger partial charge in [-0.3, -0.25) is 4.79 Å². The number of allylic oxidation sites excluding steroid dienone is 1. The summed E-state index contributed by atoms with van der Waals surface area (Å²) in [5, 5.41) is 11.9. The minimum absolute atomic E-state index is 0.0632. The zero-order valence-corrected chi connectivity index (χ0v) is 15.3. The molecule has 0 radical (unpaired) electrons. The first-order chi connectivity index (χ1) is 12.2. The number of nitrogens with one attached hydrogen (secondary N) is 1. The van der Waals surface area contributed by atoms with E-state index in [9.17, 15) is 4.79 Å². The monoisotopic (exact) mass is 373 g/mol.